The molecular formula is C28H23F4N3O6S. The minimum Gasteiger partial charge on any atom is -0.506 e. The van der Waals surface area contributed by atoms with Crippen LogP contribution in [0.1, 0.15) is 18.6 Å². The molecule has 1 atom stereocenters. The maximum atomic E-state index is 13.1. The predicted molar refractivity (Wildman–Crippen MR) is 147 cm³/mol. The van der Waals surface area contributed by atoms with Gasteiger partial charge in [0.1, 0.15) is 29.2 Å². The van der Waals surface area contributed by atoms with E-state index in [1.165, 1.54) is 42.5 Å². The van der Waals surface area contributed by atoms with Crippen molar-refractivity contribution in [1.82, 2.24) is 0 Å². The molecule has 1 unspecified atom stereocenters. The molecule has 0 spiro atoms. The Balaban J connectivity index is 1.33. The summed E-state index contributed by atoms with van der Waals surface area (Å²) in [5.74, 6) is -0.928. The lowest BCUT2D eigenvalue weighted by atomic mass is 10.1. The van der Waals surface area contributed by atoms with Crippen molar-refractivity contribution in [2.24, 2.45) is 0 Å². The van der Waals surface area contributed by atoms with Gasteiger partial charge in [0.05, 0.1) is 10.6 Å². The van der Waals surface area contributed by atoms with Gasteiger partial charge in [-0.1, -0.05) is 12.1 Å². The van der Waals surface area contributed by atoms with Crippen LogP contribution >= 0.6 is 0 Å². The van der Waals surface area contributed by atoms with Crippen molar-refractivity contribution in [2.45, 2.75) is 24.3 Å². The second-order valence-corrected chi connectivity index (χ2v) is 10.5. The summed E-state index contributed by atoms with van der Waals surface area (Å²) in [5, 5.41) is 15.2. The van der Waals surface area contributed by atoms with Crippen molar-refractivity contribution < 1.29 is 45.4 Å². The Bertz CT molecular complexity index is 1650. The number of anilines is 3. The molecule has 0 saturated heterocycles. The van der Waals surface area contributed by atoms with Crippen molar-refractivity contribution in [3.05, 3.63) is 102 Å². The highest BCUT2D eigenvalue weighted by molar-refractivity contribution is 7.92. The van der Waals surface area contributed by atoms with Gasteiger partial charge in [-0.05, 0) is 91.3 Å². The fraction of sp³-hybridized carbons (Fsp3) is 0.107. The molecule has 42 heavy (non-hydrogen) atoms. The average Bonchev–Trinajstić information content (AvgIpc) is 2.91. The third-order valence-electron chi connectivity index (χ3n) is 5.63. The zero-order valence-corrected chi connectivity index (χ0v) is 22.5. The number of urea groups is 1. The molecule has 0 heterocycles. The SMILES string of the molecule is CC(Oc1ccc(NC(=O)Nc2ccc(O)c(NS(=O)(=O)c3ccc(F)cc3)c2)cc1)c1ccc(OC(F)(F)F)cc1. The van der Waals surface area contributed by atoms with Crippen LogP contribution < -0.4 is 24.8 Å². The molecule has 2 amide bonds. The largest absolute Gasteiger partial charge is 0.573 e. The van der Waals surface area contributed by atoms with Gasteiger partial charge in [-0.15, -0.1) is 13.2 Å². The summed E-state index contributed by atoms with van der Waals surface area (Å²) < 4.78 is 87.2. The highest BCUT2D eigenvalue weighted by atomic mass is 32.2. The number of hydrogen-bond acceptors (Lipinski definition) is 6. The topological polar surface area (TPSA) is 126 Å². The van der Waals surface area contributed by atoms with E-state index in [4.69, 9.17) is 4.74 Å². The first-order valence-corrected chi connectivity index (χ1v) is 13.6. The summed E-state index contributed by atoms with van der Waals surface area (Å²) in [6.07, 6.45) is -5.29. The number of nitrogens with one attached hydrogen (secondary N) is 3. The minimum absolute atomic E-state index is 0.155. The van der Waals surface area contributed by atoms with E-state index in [9.17, 15) is 35.9 Å². The Labute approximate surface area is 237 Å². The van der Waals surface area contributed by atoms with Crippen LogP contribution in [0.2, 0.25) is 0 Å². The Kier molecular flexibility index (Phi) is 8.76. The lowest BCUT2D eigenvalue weighted by Gasteiger charge is -2.16. The first kappa shape index (κ1) is 30.0. The second-order valence-electron chi connectivity index (χ2n) is 8.77. The van der Waals surface area contributed by atoms with Crippen LogP contribution in [0.15, 0.2) is 95.9 Å². The number of rotatable bonds is 9. The third-order valence-corrected chi connectivity index (χ3v) is 7.01. The summed E-state index contributed by atoms with van der Waals surface area (Å²) >= 11 is 0. The number of carbonyl (C=O) groups is 1. The number of alkyl halides is 3. The molecule has 4 aromatic carbocycles. The molecule has 4 N–H and O–H groups in total. The molecule has 0 aliphatic rings. The number of hydrogen-bond donors (Lipinski definition) is 4. The van der Waals surface area contributed by atoms with Gasteiger partial charge in [0.15, 0.2) is 0 Å². The van der Waals surface area contributed by atoms with Crippen molar-refractivity contribution in [1.29, 1.82) is 0 Å². The van der Waals surface area contributed by atoms with E-state index in [1.807, 2.05) is 0 Å². The van der Waals surface area contributed by atoms with Crippen molar-refractivity contribution in [3.8, 4) is 17.2 Å². The molecule has 4 rings (SSSR count). The maximum Gasteiger partial charge on any atom is 0.573 e. The predicted octanol–water partition coefficient (Wildman–Crippen LogP) is 7.01. The highest BCUT2D eigenvalue weighted by Crippen LogP contribution is 2.30. The summed E-state index contributed by atoms with van der Waals surface area (Å²) in [6.45, 7) is 1.71. The number of sulfonamides is 1. The number of phenolic OH excluding ortho intramolecular Hbond substituents is 1. The van der Waals surface area contributed by atoms with E-state index in [2.05, 4.69) is 20.1 Å². The van der Waals surface area contributed by atoms with E-state index in [0.29, 0.717) is 17.0 Å². The second kappa shape index (κ2) is 12.3. The molecule has 0 aromatic heterocycles. The number of phenols is 1. The Hall–Kier alpha value is -4.98. The number of aromatic hydroxyl groups is 1. The lowest BCUT2D eigenvalue weighted by molar-refractivity contribution is -0.274. The molecule has 14 heteroatoms. The van der Waals surface area contributed by atoms with Gasteiger partial charge in [0.25, 0.3) is 10.0 Å². The van der Waals surface area contributed by atoms with Crippen LogP contribution in [-0.2, 0) is 10.0 Å². The molecule has 0 aliphatic carbocycles. The van der Waals surface area contributed by atoms with Crippen LogP contribution in [0.5, 0.6) is 17.2 Å². The molecule has 0 radical (unpaired) electrons. The zero-order valence-electron chi connectivity index (χ0n) is 21.6. The standard InChI is InChI=1S/C28H23F4N3O6S/c1-17(18-2-9-23(10-3-18)41-28(30,31)32)40-22-11-6-20(7-12-22)33-27(37)34-21-8-15-26(36)25(16-21)35-42(38,39)24-13-4-19(29)5-14-24/h2-17,35-36H,1H3,(H2,33,34,37). The first-order valence-electron chi connectivity index (χ1n) is 12.1. The van der Waals surface area contributed by atoms with Gasteiger partial charge in [-0.25, -0.2) is 17.6 Å². The maximum absolute atomic E-state index is 13.1. The van der Waals surface area contributed by atoms with Crippen molar-refractivity contribution in [3.63, 3.8) is 0 Å². The van der Waals surface area contributed by atoms with E-state index in [0.717, 1.165) is 24.3 Å². The number of halogens is 4. The van der Waals surface area contributed by atoms with Crippen LogP contribution in [0.3, 0.4) is 0 Å². The lowest BCUT2D eigenvalue weighted by Crippen LogP contribution is -2.19. The smallest absolute Gasteiger partial charge is 0.506 e. The van der Waals surface area contributed by atoms with Crippen LogP contribution in [0, 0.1) is 5.82 Å². The molecule has 0 bridgehead atoms. The van der Waals surface area contributed by atoms with E-state index in [1.54, 1.807) is 31.2 Å². The van der Waals surface area contributed by atoms with Crippen LogP contribution in [0.25, 0.3) is 0 Å². The summed E-state index contributed by atoms with van der Waals surface area (Å²) in [4.78, 5) is 12.3. The number of ether oxygens (including phenoxy) is 2. The normalized spacial score (nSPS) is 12.2. The molecule has 4 aromatic rings. The quantitative estimate of drug-likeness (QED) is 0.0924. The molecule has 0 fully saturated rings. The molecule has 0 saturated carbocycles. The molecule has 0 aliphatic heterocycles. The third kappa shape index (κ3) is 8.27. The van der Waals surface area contributed by atoms with E-state index >= 15 is 0 Å². The number of amides is 2. The zero-order chi connectivity index (χ0) is 30.5. The Morgan fingerprint density at radius 1 is 0.833 bits per heavy atom. The monoisotopic (exact) mass is 605 g/mol. The Morgan fingerprint density at radius 2 is 1.40 bits per heavy atom. The number of benzene rings is 4. The summed E-state index contributed by atoms with van der Waals surface area (Å²) in [7, 11) is -4.15. The first-order chi connectivity index (χ1) is 19.8. The fourth-order valence-electron chi connectivity index (χ4n) is 3.64. The van der Waals surface area contributed by atoms with Gasteiger partial charge in [-0.3, -0.25) is 4.72 Å². The van der Waals surface area contributed by atoms with E-state index < -0.39 is 40.1 Å². The number of carbonyl (C=O) groups excluding carboxylic acids is 1. The van der Waals surface area contributed by atoms with Crippen molar-refractivity contribution >= 4 is 33.1 Å². The van der Waals surface area contributed by atoms with Gasteiger partial charge < -0.3 is 25.2 Å². The fourth-order valence-corrected chi connectivity index (χ4v) is 4.70. The van der Waals surface area contributed by atoms with Crippen LogP contribution in [-0.4, -0.2) is 25.9 Å². The van der Waals surface area contributed by atoms with Crippen molar-refractivity contribution in [2.75, 3.05) is 15.4 Å². The van der Waals surface area contributed by atoms with Gasteiger partial charge >= 0.3 is 12.4 Å². The highest BCUT2D eigenvalue weighted by Gasteiger charge is 2.31. The van der Waals surface area contributed by atoms with Gasteiger partial charge in [0, 0.05) is 11.4 Å². The minimum atomic E-state index is -4.78. The molecule has 9 nitrogen and oxygen atoms in total. The Morgan fingerprint density at radius 3 is 2.02 bits per heavy atom. The summed E-state index contributed by atoms with van der Waals surface area (Å²) in [6, 6.07) is 18.7. The van der Waals surface area contributed by atoms with Crippen LogP contribution in [0.4, 0.5) is 39.4 Å². The molecule has 220 valence electrons. The van der Waals surface area contributed by atoms with Gasteiger partial charge in [-0.2, -0.15) is 0 Å². The van der Waals surface area contributed by atoms with Gasteiger partial charge in [0.2, 0.25) is 0 Å². The van der Waals surface area contributed by atoms with E-state index in [-0.39, 0.29) is 22.0 Å². The average molecular weight is 606 g/mol. The summed E-state index contributed by atoms with van der Waals surface area (Å²) in [5.41, 5.74) is 0.939. The molecular weight excluding hydrogens is 582 g/mol.